The van der Waals surface area contributed by atoms with Crippen LogP contribution < -0.4 is 10.6 Å². The Labute approximate surface area is 170 Å². The van der Waals surface area contributed by atoms with Gasteiger partial charge in [0.05, 0.1) is 6.54 Å². The number of hydrogen-bond donors (Lipinski definition) is 2. The molecule has 0 aliphatic rings. The summed E-state index contributed by atoms with van der Waals surface area (Å²) in [6.07, 6.45) is 0.463. The van der Waals surface area contributed by atoms with Gasteiger partial charge in [0.15, 0.2) is 5.82 Å². The highest BCUT2D eigenvalue weighted by Gasteiger charge is 2.27. The first-order valence-corrected chi connectivity index (χ1v) is 9.52. The summed E-state index contributed by atoms with van der Waals surface area (Å²) in [6.45, 7) is 7.33. The van der Waals surface area contributed by atoms with Gasteiger partial charge < -0.3 is 20.1 Å². The molecular formula is C21H28N4O4. The van der Waals surface area contributed by atoms with Gasteiger partial charge in [-0.3, -0.25) is 14.4 Å². The smallest absolute Gasteiger partial charge is 0.252 e. The molecule has 8 nitrogen and oxygen atoms in total. The summed E-state index contributed by atoms with van der Waals surface area (Å²) in [5.74, 6) is 0.00912. The monoisotopic (exact) mass is 400 g/mol. The van der Waals surface area contributed by atoms with Gasteiger partial charge in [-0.2, -0.15) is 0 Å². The van der Waals surface area contributed by atoms with Crippen LogP contribution in [0.4, 0.5) is 5.82 Å². The minimum absolute atomic E-state index is 0.167. The Morgan fingerprint density at radius 1 is 1.17 bits per heavy atom. The molecule has 2 N–H and O–H groups in total. The molecule has 8 heteroatoms. The zero-order valence-electron chi connectivity index (χ0n) is 17.5. The van der Waals surface area contributed by atoms with Crippen molar-refractivity contribution in [3.05, 3.63) is 47.2 Å². The van der Waals surface area contributed by atoms with E-state index in [1.807, 2.05) is 32.9 Å². The minimum atomic E-state index is -0.728. The van der Waals surface area contributed by atoms with Crippen LogP contribution in [-0.4, -0.2) is 47.4 Å². The van der Waals surface area contributed by atoms with Crippen molar-refractivity contribution in [3.8, 4) is 0 Å². The van der Waals surface area contributed by atoms with E-state index >= 15 is 0 Å². The van der Waals surface area contributed by atoms with Crippen molar-refractivity contribution in [2.45, 2.75) is 40.2 Å². The third kappa shape index (κ3) is 6.44. The Balaban J connectivity index is 2.03. The van der Waals surface area contributed by atoms with Crippen molar-refractivity contribution < 1.29 is 18.9 Å². The first-order chi connectivity index (χ1) is 13.7. The molecule has 0 radical (unpaired) electrons. The minimum Gasteiger partial charge on any atom is -0.360 e. The van der Waals surface area contributed by atoms with E-state index in [1.54, 1.807) is 25.1 Å². The molecule has 1 aromatic carbocycles. The highest BCUT2D eigenvalue weighted by atomic mass is 16.5. The number of nitrogens with zero attached hydrogens (tertiary/aromatic N) is 2. The van der Waals surface area contributed by atoms with Crippen LogP contribution in [0.3, 0.4) is 0 Å². The molecule has 0 bridgehead atoms. The van der Waals surface area contributed by atoms with Crippen LogP contribution in [0, 0.1) is 19.8 Å². The molecule has 0 fully saturated rings. The summed E-state index contributed by atoms with van der Waals surface area (Å²) >= 11 is 0. The second-order valence-corrected chi connectivity index (χ2v) is 7.54. The number of hydrogen-bond acceptors (Lipinski definition) is 5. The number of aryl methyl sites for hydroxylation is 2. The maximum atomic E-state index is 12.9. The Morgan fingerprint density at radius 3 is 2.45 bits per heavy atom. The Hall–Kier alpha value is -3.16. The Morgan fingerprint density at radius 2 is 1.86 bits per heavy atom. The predicted octanol–water partition coefficient (Wildman–Crippen LogP) is 2.53. The normalized spacial score (nSPS) is 11.8. The number of amides is 3. The summed E-state index contributed by atoms with van der Waals surface area (Å²) in [4.78, 5) is 39.1. The van der Waals surface area contributed by atoms with Crippen molar-refractivity contribution >= 4 is 23.5 Å². The van der Waals surface area contributed by atoms with E-state index in [0.717, 1.165) is 5.56 Å². The van der Waals surface area contributed by atoms with Gasteiger partial charge in [0, 0.05) is 18.7 Å². The molecule has 2 aromatic rings. The van der Waals surface area contributed by atoms with E-state index in [4.69, 9.17) is 4.52 Å². The maximum Gasteiger partial charge on any atom is 0.252 e. The van der Waals surface area contributed by atoms with E-state index < -0.39 is 11.9 Å². The number of aromatic nitrogens is 1. The van der Waals surface area contributed by atoms with Crippen LogP contribution in [0.15, 0.2) is 34.9 Å². The first-order valence-electron chi connectivity index (χ1n) is 9.52. The maximum absolute atomic E-state index is 12.9. The van der Waals surface area contributed by atoms with Crippen LogP contribution in [0.1, 0.15) is 41.9 Å². The fourth-order valence-corrected chi connectivity index (χ4v) is 2.92. The zero-order valence-corrected chi connectivity index (χ0v) is 17.5. The number of rotatable bonds is 8. The topological polar surface area (TPSA) is 105 Å². The quantitative estimate of drug-likeness (QED) is 0.709. The van der Waals surface area contributed by atoms with Gasteiger partial charge in [-0.05, 0) is 37.8 Å². The van der Waals surface area contributed by atoms with E-state index in [9.17, 15) is 14.4 Å². The number of carbonyl (C=O) groups is 3. The molecule has 0 saturated carbocycles. The van der Waals surface area contributed by atoms with Crippen molar-refractivity contribution in [2.75, 3.05) is 18.9 Å². The predicted molar refractivity (Wildman–Crippen MR) is 109 cm³/mol. The van der Waals surface area contributed by atoms with Gasteiger partial charge in [0.1, 0.15) is 11.8 Å². The summed E-state index contributed by atoms with van der Waals surface area (Å²) in [5, 5.41) is 9.10. The van der Waals surface area contributed by atoms with Crippen LogP contribution >= 0.6 is 0 Å². The molecule has 1 unspecified atom stereocenters. The molecule has 0 saturated heterocycles. The molecule has 0 spiro atoms. The average Bonchev–Trinajstić information content (AvgIpc) is 3.04. The highest BCUT2D eigenvalue weighted by molar-refractivity contribution is 5.99. The zero-order chi connectivity index (χ0) is 21.6. The molecule has 0 aliphatic carbocycles. The van der Waals surface area contributed by atoms with Gasteiger partial charge in [0.25, 0.3) is 5.91 Å². The van der Waals surface area contributed by atoms with Crippen molar-refractivity contribution in [1.29, 1.82) is 0 Å². The van der Waals surface area contributed by atoms with Crippen LogP contribution in [0.5, 0.6) is 0 Å². The number of carbonyl (C=O) groups excluding carboxylic acids is 3. The standard InChI is InChI=1S/C21H28N4O4/c1-13(2)10-17(22-20(27)16-9-7-6-8-14(16)3)21(28)25(5)12-19(26)23-18-11-15(4)29-24-18/h6-9,11,13,17H,10,12H2,1-5H3,(H,22,27)(H,23,24,26). The van der Waals surface area contributed by atoms with Gasteiger partial charge in [-0.1, -0.05) is 37.2 Å². The SMILES string of the molecule is Cc1cc(NC(=O)CN(C)C(=O)C(CC(C)C)NC(=O)c2ccccc2C)no1. The Bertz CT molecular complexity index is 875. The molecule has 1 atom stereocenters. The van der Waals surface area contributed by atoms with Crippen LogP contribution in [0.25, 0.3) is 0 Å². The van der Waals surface area contributed by atoms with Crippen molar-refractivity contribution in [3.63, 3.8) is 0 Å². The van der Waals surface area contributed by atoms with E-state index in [-0.39, 0.29) is 24.3 Å². The van der Waals surface area contributed by atoms with Crippen molar-refractivity contribution in [1.82, 2.24) is 15.4 Å². The lowest BCUT2D eigenvalue weighted by Crippen LogP contribution is -2.49. The highest BCUT2D eigenvalue weighted by Crippen LogP contribution is 2.12. The third-order valence-electron chi connectivity index (χ3n) is 4.35. The van der Waals surface area contributed by atoms with E-state index in [2.05, 4.69) is 15.8 Å². The summed E-state index contributed by atoms with van der Waals surface area (Å²) in [5.41, 5.74) is 1.35. The van der Waals surface area contributed by atoms with Gasteiger partial charge in [-0.25, -0.2) is 0 Å². The summed E-state index contributed by atoms with van der Waals surface area (Å²) in [6, 6.07) is 8.06. The Kier molecular flexibility index (Phi) is 7.52. The number of nitrogens with one attached hydrogen (secondary N) is 2. The summed E-state index contributed by atoms with van der Waals surface area (Å²) < 4.78 is 4.90. The van der Waals surface area contributed by atoms with Crippen LogP contribution in [-0.2, 0) is 9.59 Å². The molecule has 29 heavy (non-hydrogen) atoms. The van der Waals surface area contributed by atoms with Gasteiger partial charge in [-0.15, -0.1) is 0 Å². The van der Waals surface area contributed by atoms with Gasteiger partial charge >= 0.3 is 0 Å². The fraction of sp³-hybridized carbons (Fsp3) is 0.429. The van der Waals surface area contributed by atoms with Crippen molar-refractivity contribution in [2.24, 2.45) is 5.92 Å². The molecule has 2 rings (SSSR count). The lowest BCUT2D eigenvalue weighted by molar-refractivity contribution is -0.135. The van der Waals surface area contributed by atoms with E-state index in [1.165, 1.54) is 11.9 Å². The average molecular weight is 400 g/mol. The molecule has 1 aromatic heterocycles. The molecule has 0 aliphatic heterocycles. The molecule has 3 amide bonds. The molecule has 156 valence electrons. The van der Waals surface area contributed by atoms with Gasteiger partial charge in [0.2, 0.25) is 11.8 Å². The third-order valence-corrected chi connectivity index (χ3v) is 4.35. The molecular weight excluding hydrogens is 372 g/mol. The number of likely N-dealkylation sites (N-methyl/N-ethyl adjacent to an activating group) is 1. The van der Waals surface area contributed by atoms with E-state index in [0.29, 0.717) is 23.6 Å². The lowest BCUT2D eigenvalue weighted by Gasteiger charge is -2.25. The molecule has 1 heterocycles. The fourth-order valence-electron chi connectivity index (χ4n) is 2.92. The first kappa shape index (κ1) is 22.1. The summed E-state index contributed by atoms with van der Waals surface area (Å²) in [7, 11) is 1.53. The number of anilines is 1. The van der Waals surface area contributed by atoms with Crippen LogP contribution in [0.2, 0.25) is 0 Å². The second-order valence-electron chi connectivity index (χ2n) is 7.54. The lowest BCUT2D eigenvalue weighted by atomic mass is 10.0. The largest absolute Gasteiger partial charge is 0.360 e. The second kappa shape index (κ2) is 9.86. The number of benzene rings is 1.